The fourth-order valence-electron chi connectivity index (χ4n) is 3.47. The van der Waals surface area contributed by atoms with E-state index in [2.05, 4.69) is 10.0 Å². The number of carbonyl (C=O) groups is 1. The van der Waals surface area contributed by atoms with Crippen LogP contribution < -0.4 is 19.5 Å². The molecule has 0 radical (unpaired) electrons. The normalized spacial score (nSPS) is 12.1. The van der Waals surface area contributed by atoms with Crippen LogP contribution >= 0.6 is 0 Å². The molecule has 0 aliphatic heterocycles. The number of hydrogen-bond acceptors (Lipinski definition) is 5. The molecule has 0 heterocycles. The van der Waals surface area contributed by atoms with Crippen molar-refractivity contribution in [1.29, 1.82) is 0 Å². The molecule has 1 unspecified atom stereocenters. The van der Waals surface area contributed by atoms with E-state index in [0.29, 0.717) is 36.0 Å². The van der Waals surface area contributed by atoms with Gasteiger partial charge in [0, 0.05) is 0 Å². The molecule has 1 atom stereocenters. The third-order valence-electron chi connectivity index (χ3n) is 5.10. The number of ether oxygens (including phenoxy) is 2. The summed E-state index contributed by atoms with van der Waals surface area (Å²) in [7, 11) is -3.99. The molecule has 0 aliphatic carbocycles. The van der Waals surface area contributed by atoms with E-state index in [4.69, 9.17) is 9.47 Å². The number of rotatable bonds is 11. The summed E-state index contributed by atoms with van der Waals surface area (Å²) in [6.45, 7) is 6.41. The lowest BCUT2D eigenvalue weighted by Gasteiger charge is -2.20. The van der Waals surface area contributed by atoms with E-state index < -0.39 is 22.0 Å². The van der Waals surface area contributed by atoms with Gasteiger partial charge in [0.15, 0.2) is 0 Å². The molecule has 0 aliphatic rings. The quantitative estimate of drug-likeness (QED) is 0.425. The lowest BCUT2D eigenvalue weighted by atomic mass is 10.1. The van der Waals surface area contributed by atoms with Crippen LogP contribution in [0.4, 0.5) is 5.69 Å². The molecular formula is C26H30N2O5S. The minimum Gasteiger partial charge on any atom is -0.494 e. The van der Waals surface area contributed by atoms with Gasteiger partial charge in [-0.3, -0.25) is 4.79 Å². The highest BCUT2D eigenvalue weighted by atomic mass is 32.2. The van der Waals surface area contributed by atoms with E-state index in [0.717, 1.165) is 5.56 Å². The first-order chi connectivity index (χ1) is 16.3. The second-order valence-electron chi connectivity index (χ2n) is 7.64. The van der Waals surface area contributed by atoms with Crippen molar-refractivity contribution in [2.75, 3.05) is 18.5 Å². The summed E-state index contributed by atoms with van der Waals surface area (Å²) in [5, 5.41) is 2.82. The summed E-state index contributed by atoms with van der Waals surface area (Å²) >= 11 is 0. The van der Waals surface area contributed by atoms with E-state index in [9.17, 15) is 13.2 Å². The van der Waals surface area contributed by atoms with E-state index in [-0.39, 0.29) is 11.3 Å². The smallest absolute Gasteiger partial charge is 0.243 e. The number of amides is 1. The predicted octanol–water partition coefficient (Wildman–Crippen LogP) is 4.32. The highest BCUT2D eigenvalue weighted by Crippen LogP contribution is 2.25. The zero-order valence-electron chi connectivity index (χ0n) is 19.6. The molecule has 0 aromatic heterocycles. The molecule has 0 fully saturated rings. The van der Waals surface area contributed by atoms with Crippen molar-refractivity contribution < 1.29 is 22.7 Å². The van der Waals surface area contributed by atoms with Gasteiger partial charge >= 0.3 is 0 Å². The van der Waals surface area contributed by atoms with Gasteiger partial charge in [-0.05, 0) is 68.7 Å². The van der Waals surface area contributed by atoms with Gasteiger partial charge in [-0.2, -0.15) is 4.72 Å². The molecule has 34 heavy (non-hydrogen) atoms. The molecular weight excluding hydrogens is 452 g/mol. The van der Waals surface area contributed by atoms with Crippen molar-refractivity contribution in [3.05, 3.63) is 83.9 Å². The largest absolute Gasteiger partial charge is 0.494 e. The van der Waals surface area contributed by atoms with Crippen molar-refractivity contribution in [2.24, 2.45) is 0 Å². The zero-order valence-corrected chi connectivity index (χ0v) is 20.4. The highest BCUT2D eigenvalue weighted by molar-refractivity contribution is 7.89. The average Bonchev–Trinajstić information content (AvgIpc) is 2.82. The van der Waals surface area contributed by atoms with Crippen LogP contribution in [-0.2, 0) is 21.2 Å². The van der Waals surface area contributed by atoms with Crippen LogP contribution in [0.25, 0.3) is 0 Å². The van der Waals surface area contributed by atoms with Crippen LogP contribution in [0.2, 0.25) is 0 Å². The monoisotopic (exact) mass is 482 g/mol. The van der Waals surface area contributed by atoms with E-state index in [1.54, 1.807) is 37.3 Å². The number of benzene rings is 3. The van der Waals surface area contributed by atoms with Crippen LogP contribution in [0.3, 0.4) is 0 Å². The van der Waals surface area contributed by atoms with Crippen LogP contribution in [0.5, 0.6) is 11.5 Å². The maximum Gasteiger partial charge on any atom is 0.243 e. The van der Waals surface area contributed by atoms with Gasteiger partial charge in [0.1, 0.15) is 17.5 Å². The minimum absolute atomic E-state index is 0.0639. The molecule has 7 nitrogen and oxygen atoms in total. The van der Waals surface area contributed by atoms with Gasteiger partial charge in [0.05, 0.1) is 23.8 Å². The van der Waals surface area contributed by atoms with Crippen molar-refractivity contribution in [1.82, 2.24) is 4.72 Å². The summed E-state index contributed by atoms with van der Waals surface area (Å²) in [5.41, 5.74) is 1.99. The summed E-state index contributed by atoms with van der Waals surface area (Å²) in [4.78, 5) is 13.3. The third kappa shape index (κ3) is 6.59. The summed E-state index contributed by atoms with van der Waals surface area (Å²) < 4.78 is 40.1. The molecule has 0 saturated heterocycles. The fourth-order valence-corrected chi connectivity index (χ4v) is 4.75. The number of hydrogen-bond donors (Lipinski definition) is 2. The first-order valence-corrected chi connectivity index (χ1v) is 12.6. The number of aryl methyl sites for hydroxylation is 1. The highest BCUT2D eigenvalue weighted by Gasteiger charge is 2.27. The Morgan fingerprint density at radius 3 is 2.21 bits per heavy atom. The van der Waals surface area contributed by atoms with E-state index in [1.807, 2.05) is 44.2 Å². The Balaban J connectivity index is 1.88. The lowest BCUT2D eigenvalue weighted by molar-refractivity contribution is -0.117. The second-order valence-corrected chi connectivity index (χ2v) is 9.36. The Hall–Kier alpha value is -3.36. The van der Waals surface area contributed by atoms with E-state index in [1.165, 1.54) is 12.1 Å². The SMILES string of the molecule is CCOc1ccc(S(=O)(=O)NC(Cc2ccccc2)C(=O)Nc2ccccc2OCC)cc1C. The number of anilines is 1. The molecule has 180 valence electrons. The maximum absolute atomic E-state index is 13.3. The topological polar surface area (TPSA) is 93.7 Å². The molecule has 3 aromatic rings. The lowest BCUT2D eigenvalue weighted by Crippen LogP contribution is -2.45. The Bertz CT molecular complexity index is 1210. The maximum atomic E-state index is 13.3. The molecule has 3 aromatic carbocycles. The fraction of sp³-hybridized carbons (Fsp3) is 0.269. The Morgan fingerprint density at radius 2 is 1.53 bits per heavy atom. The molecule has 3 rings (SSSR count). The standard InChI is InChI=1S/C26H30N2O5S/c1-4-32-24-16-15-21(17-19(24)3)34(30,31)28-23(18-20-11-7-6-8-12-20)26(29)27-22-13-9-10-14-25(22)33-5-2/h6-17,23,28H,4-5,18H2,1-3H3,(H,27,29). The van der Waals surface area contributed by atoms with Gasteiger partial charge in [0.25, 0.3) is 0 Å². The molecule has 8 heteroatoms. The number of carbonyl (C=O) groups excluding carboxylic acids is 1. The van der Waals surface area contributed by atoms with Crippen LogP contribution in [0.1, 0.15) is 25.0 Å². The minimum atomic E-state index is -3.99. The van der Waals surface area contributed by atoms with Gasteiger partial charge < -0.3 is 14.8 Å². The predicted molar refractivity (Wildman–Crippen MR) is 133 cm³/mol. The molecule has 0 bridgehead atoms. The molecule has 1 amide bonds. The Morgan fingerprint density at radius 1 is 0.882 bits per heavy atom. The first kappa shape index (κ1) is 25.3. The molecule has 0 saturated carbocycles. The van der Waals surface area contributed by atoms with Gasteiger partial charge in [0.2, 0.25) is 15.9 Å². The van der Waals surface area contributed by atoms with Crippen LogP contribution in [0.15, 0.2) is 77.7 Å². The van der Waals surface area contributed by atoms with Gasteiger partial charge in [-0.1, -0.05) is 42.5 Å². The Labute approximate surface area is 201 Å². The average molecular weight is 483 g/mol. The zero-order chi connectivity index (χ0) is 24.6. The van der Waals surface area contributed by atoms with Crippen LogP contribution in [-0.4, -0.2) is 33.6 Å². The van der Waals surface area contributed by atoms with Gasteiger partial charge in [-0.15, -0.1) is 0 Å². The van der Waals surface area contributed by atoms with Gasteiger partial charge in [-0.25, -0.2) is 8.42 Å². The second kappa shape index (κ2) is 11.7. The number of nitrogens with one attached hydrogen (secondary N) is 2. The first-order valence-electron chi connectivity index (χ1n) is 11.2. The Kier molecular flexibility index (Phi) is 8.67. The van der Waals surface area contributed by atoms with Crippen molar-refractivity contribution >= 4 is 21.6 Å². The summed E-state index contributed by atoms with van der Waals surface area (Å²) in [6.07, 6.45) is 0.179. The van der Waals surface area contributed by atoms with Crippen molar-refractivity contribution in [3.63, 3.8) is 0 Å². The van der Waals surface area contributed by atoms with E-state index >= 15 is 0 Å². The van der Waals surface area contributed by atoms with Crippen LogP contribution in [0, 0.1) is 6.92 Å². The van der Waals surface area contributed by atoms with Crippen molar-refractivity contribution in [3.8, 4) is 11.5 Å². The number of para-hydroxylation sites is 2. The molecule has 0 spiro atoms. The summed E-state index contributed by atoms with van der Waals surface area (Å²) in [6, 6.07) is 19.9. The summed E-state index contributed by atoms with van der Waals surface area (Å²) in [5.74, 6) is 0.650. The number of sulfonamides is 1. The third-order valence-corrected chi connectivity index (χ3v) is 6.57. The van der Waals surface area contributed by atoms with Crippen molar-refractivity contribution in [2.45, 2.75) is 38.1 Å². The molecule has 2 N–H and O–H groups in total.